The Morgan fingerprint density at radius 3 is 2.67 bits per heavy atom. The van der Waals surface area contributed by atoms with E-state index < -0.39 is 0 Å². The maximum Gasteiger partial charge on any atom is 0.260 e. The number of H-pyrrole nitrogens is 1. The van der Waals surface area contributed by atoms with Gasteiger partial charge in [-0.2, -0.15) is 0 Å². The van der Waals surface area contributed by atoms with Crippen molar-refractivity contribution < 1.29 is 9.21 Å². The molecule has 6 heteroatoms. The number of hydrogen-bond donors (Lipinski definition) is 1. The monoisotopic (exact) mass is 287 g/mol. The number of pyridine rings is 1. The molecule has 1 aliphatic heterocycles. The van der Waals surface area contributed by atoms with Crippen LogP contribution in [0.2, 0.25) is 0 Å². The molecule has 1 fully saturated rings. The van der Waals surface area contributed by atoms with Crippen molar-refractivity contribution >= 4 is 5.91 Å². The molecule has 0 unspecified atom stereocenters. The number of rotatable bonds is 3. The maximum atomic E-state index is 12.3. The van der Waals surface area contributed by atoms with Gasteiger partial charge >= 0.3 is 0 Å². The third-order valence-electron chi connectivity index (χ3n) is 3.67. The van der Waals surface area contributed by atoms with E-state index in [0.717, 1.165) is 25.4 Å². The number of piperazine rings is 1. The number of aromatic amines is 1. The van der Waals surface area contributed by atoms with Gasteiger partial charge in [-0.15, -0.1) is 0 Å². The van der Waals surface area contributed by atoms with Crippen LogP contribution in [0.3, 0.4) is 0 Å². The average molecular weight is 287 g/mol. The summed E-state index contributed by atoms with van der Waals surface area (Å²) in [5, 5.41) is 0. The van der Waals surface area contributed by atoms with Crippen LogP contribution in [0, 0.1) is 0 Å². The second-order valence-electron chi connectivity index (χ2n) is 5.06. The number of nitrogens with one attached hydrogen (secondary N) is 1. The minimum atomic E-state index is -0.333. The van der Waals surface area contributed by atoms with Crippen molar-refractivity contribution in [2.45, 2.75) is 6.54 Å². The molecule has 0 aromatic carbocycles. The first-order valence-electron chi connectivity index (χ1n) is 6.96. The molecule has 0 atom stereocenters. The van der Waals surface area contributed by atoms with Crippen LogP contribution < -0.4 is 5.56 Å². The summed E-state index contributed by atoms with van der Waals surface area (Å²) in [6.07, 6.45) is 3.19. The zero-order valence-corrected chi connectivity index (χ0v) is 11.6. The van der Waals surface area contributed by atoms with Gasteiger partial charge < -0.3 is 14.3 Å². The van der Waals surface area contributed by atoms with Crippen molar-refractivity contribution in [3.8, 4) is 0 Å². The minimum absolute atomic E-state index is 0.200. The summed E-state index contributed by atoms with van der Waals surface area (Å²) in [6, 6.07) is 7.05. The van der Waals surface area contributed by atoms with Crippen LogP contribution in [-0.4, -0.2) is 46.9 Å². The summed E-state index contributed by atoms with van der Waals surface area (Å²) in [5.41, 5.74) is -0.127. The molecule has 21 heavy (non-hydrogen) atoms. The van der Waals surface area contributed by atoms with E-state index in [2.05, 4.69) is 9.88 Å². The number of furan rings is 1. The lowest BCUT2D eigenvalue weighted by atomic mass is 10.2. The predicted molar refractivity (Wildman–Crippen MR) is 77.0 cm³/mol. The van der Waals surface area contributed by atoms with Crippen LogP contribution in [-0.2, 0) is 6.54 Å². The summed E-state index contributed by atoms with van der Waals surface area (Å²) < 4.78 is 5.33. The van der Waals surface area contributed by atoms with E-state index >= 15 is 0 Å². The highest BCUT2D eigenvalue weighted by Gasteiger charge is 2.23. The highest BCUT2D eigenvalue weighted by atomic mass is 16.3. The van der Waals surface area contributed by atoms with Crippen molar-refractivity contribution in [3.05, 3.63) is 58.4 Å². The molecule has 0 radical (unpaired) electrons. The Morgan fingerprint density at radius 2 is 2.00 bits per heavy atom. The molecule has 1 N–H and O–H groups in total. The number of carbonyl (C=O) groups is 1. The number of aromatic nitrogens is 1. The molecule has 0 spiro atoms. The van der Waals surface area contributed by atoms with Crippen LogP contribution in [0.15, 0.2) is 45.9 Å². The zero-order valence-electron chi connectivity index (χ0n) is 11.6. The second kappa shape index (κ2) is 5.97. The van der Waals surface area contributed by atoms with E-state index in [0.29, 0.717) is 13.1 Å². The fraction of sp³-hybridized carbons (Fsp3) is 0.333. The van der Waals surface area contributed by atoms with E-state index in [4.69, 9.17) is 4.42 Å². The Labute approximate surface area is 122 Å². The van der Waals surface area contributed by atoms with Gasteiger partial charge in [-0.05, 0) is 24.3 Å². The van der Waals surface area contributed by atoms with Crippen LogP contribution in [0.25, 0.3) is 0 Å². The summed E-state index contributed by atoms with van der Waals surface area (Å²) in [5.74, 6) is 0.726. The largest absolute Gasteiger partial charge is 0.468 e. The van der Waals surface area contributed by atoms with Crippen molar-refractivity contribution in [1.29, 1.82) is 0 Å². The van der Waals surface area contributed by atoms with E-state index in [1.165, 1.54) is 6.20 Å². The lowest BCUT2D eigenvalue weighted by Crippen LogP contribution is -2.49. The Kier molecular flexibility index (Phi) is 3.87. The summed E-state index contributed by atoms with van der Waals surface area (Å²) in [4.78, 5) is 30.5. The third kappa shape index (κ3) is 3.05. The molecule has 0 bridgehead atoms. The van der Waals surface area contributed by atoms with Gasteiger partial charge in [0.1, 0.15) is 11.3 Å². The molecule has 110 valence electrons. The van der Waals surface area contributed by atoms with Crippen molar-refractivity contribution in [1.82, 2.24) is 14.8 Å². The first-order chi connectivity index (χ1) is 10.2. The van der Waals surface area contributed by atoms with Gasteiger partial charge in [-0.3, -0.25) is 14.5 Å². The Morgan fingerprint density at radius 1 is 1.19 bits per heavy atom. The number of carbonyl (C=O) groups excluding carboxylic acids is 1. The van der Waals surface area contributed by atoms with Gasteiger partial charge in [0.05, 0.1) is 12.8 Å². The lowest BCUT2D eigenvalue weighted by Gasteiger charge is -2.34. The molecular weight excluding hydrogens is 270 g/mol. The molecule has 1 saturated heterocycles. The topological polar surface area (TPSA) is 69.6 Å². The molecule has 2 aromatic rings. The van der Waals surface area contributed by atoms with E-state index in [1.54, 1.807) is 23.3 Å². The van der Waals surface area contributed by atoms with Gasteiger partial charge in [-0.1, -0.05) is 0 Å². The fourth-order valence-electron chi connectivity index (χ4n) is 2.49. The van der Waals surface area contributed by atoms with Gasteiger partial charge in [-0.25, -0.2) is 0 Å². The predicted octanol–water partition coefficient (Wildman–Crippen LogP) is 0.926. The van der Waals surface area contributed by atoms with Crippen molar-refractivity contribution in [3.63, 3.8) is 0 Å². The first-order valence-corrected chi connectivity index (χ1v) is 6.96. The normalized spacial score (nSPS) is 16.1. The summed E-state index contributed by atoms with van der Waals surface area (Å²) in [6.45, 7) is 3.54. The highest BCUT2D eigenvalue weighted by molar-refractivity contribution is 5.93. The smallest absolute Gasteiger partial charge is 0.260 e. The van der Waals surface area contributed by atoms with Crippen LogP contribution >= 0.6 is 0 Å². The number of hydrogen-bond acceptors (Lipinski definition) is 4. The molecule has 2 aromatic heterocycles. The maximum absolute atomic E-state index is 12.3. The minimum Gasteiger partial charge on any atom is -0.468 e. The van der Waals surface area contributed by atoms with Gasteiger partial charge in [0.2, 0.25) is 0 Å². The molecular formula is C15H17N3O3. The van der Waals surface area contributed by atoms with Crippen molar-refractivity contribution in [2.24, 2.45) is 0 Å². The number of nitrogens with zero attached hydrogens (tertiary/aromatic N) is 2. The van der Waals surface area contributed by atoms with Crippen LogP contribution in [0.1, 0.15) is 16.1 Å². The molecule has 0 aliphatic carbocycles. The molecule has 3 heterocycles. The highest BCUT2D eigenvalue weighted by Crippen LogP contribution is 2.10. The van der Waals surface area contributed by atoms with E-state index in [-0.39, 0.29) is 17.0 Å². The number of amides is 1. The summed E-state index contributed by atoms with van der Waals surface area (Å²) >= 11 is 0. The second-order valence-corrected chi connectivity index (χ2v) is 5.06. The Balaban J connectivity index is 1.59. The molecule has 1 amide bonds. The fourth-order valence-corrected chi connectivity index (χ4v) is 2.49. The molecule has 6 nitrogen and oxygen atoms in total. The average Bonchev–Trinajstić information content (AvgIpc) is 3.01. The van der Waals surface area contributed by atoms with Crippen LogP contribution in [0.5, 0.6) is 0 Å². The standard InChI is InChI=1S/C15H17N3O3/c19-14-13(4-1-5-16-14)15(20)18-8-6-17(7-9-18)11-12-3-2-10-21-12/h1-5,10H,6-9,11H2,(H,16,19). The van der Waals surface area contributed by atoms with E-state index in [9.17, 15) is 9.59 Å². The van der Waals surface area contributed by atoms with Gasteiger partial charge in [0, 0.05) is 32.4 Å². The zero-order chi connectivity index (χ0) is 14.7. The Bertz CT molecular complexity index is 655. The molecule has 0 saturated carbocycles. The Hall–Kier alpha value is -2.34. The van der Waals surface area contributed by atoms with Gasteiger partial charge in [0.15, 0.2) is 0 Å². The van der Waals surface area contributed by atoms with E-state index in [1.807, 2.05) is 12.1 Å². The molecule has 1 aliphatic rings. The van der Waals surface area contributed by atoms with Crippen LogP contribution in [0.4, 0.5) is 0 Å². The first kappa shape index (κ1) is 13.6. The molecule has 3 rings (SSSR count). The quantitative estimate of drug-likeness (QED) is 0.911. The summed E-state index contributed by atoms with van der Waals surface area (Å²) in [7, 11) is 0. The third-order valence-corrected chi connectivity index (χ3v) is 3.67. The van der Waals surface area contributed by atoms with Crippen molar-refractivity contribution in [2.75, 3.05) is 26.2 Å². The van der Waals surface area contributed by atoms with Gasteiger partial charge in [0.25, 0.3) is 11.5 Å². The lowest BCUT2D eigenvalue weighted by molar-refractivity contribution is 0.0618. The SMILES string of the molecule is O=C(c1ccc[nH]c1=O)N1CCN(Cc2ccco2)CC1.